The zero-order valence-corrected chi connectivity index (χ0v) is 15.0. The Morgan fingerprint density at radius 2 is 0.917 bits per heavy atom. The molecule has 1 unspecified atom stereocenters. The molecule has 0 aliphatic rings. The first-order valence-electron chi connectivity index (χ1n) is 0.783. The van der Waals surface area contributed by atoms with Crippen LogP contribution in [0.5, 0.6) is 0 Å². The quantitative estimate of drug-likeness (QED) is 0.291. The molecule has 8 nitrogen and oxygen atoms in total. The smallest absolute Gasteiger partial charge is 1.00 e. The fourth-order valence-electron chi connectivity index (χ4n) is 0. The first-order valence-corrected chi connectivity index (χ1v) is 2.35. The minimum absolute atomic E-state index is 0. The largest absolute Gasteiger partial charge is 1.00 e. The van der Waals surface area contributed by atoms with Gasteiger partial charge in [0.1, 0.15) is 0 Å². The topological polar surface area (TPSA) is 204 Å². The molecular formula is H15AsKO8PTi. The van der Waals surface area contributed by atoms with Gasteiger partial charge in [0.2, 0.25) is 0 Å². The van der Waals surface area contributed by atoms with Crippen molar-refractivity contribution in [3.05, 3.63) is 0 Å². The molecule has 12 heteroatoms. The second kappa shape index (κ2) is 29.2. The van der Waals surface area contributed by atoms with Crippen LogP contribution in [-0.2, 0) is 26.3 Å². The molecule has 0 aromatic rings. The minimum atomic E-state index is -4.64. The Balaban J connectivity index is -0.00000000286. The summed E-state index contributed by atoms with van der Waals surface area (Å²) in [5, 5.41) is 0. The van der Waals surface area contributed by atoms with Gasteiger partial charge < -0.3 is 38.0 Å². The summed E-state index contributed by atoms with van der Waals surface area (Å²) in [4.78, 5) is 21.6. The number of rotatable bonds is 0. The molecule has 0 heterocycles. The van der Waals surface area contributed by atoms with E-state index < -0.39 is 7.82 Å². The third-order valence-electron chi connectivity index (χ3n) is 0. The third-order valence-corrected chi connectivity index (χ3v) is 0. The van der Waals surface area contributed by atoms with Crippen molar-refractivity contribution in [2.24, 2.45) is 0 Å². The molecule has 0 spiro atoms. The van der Waals surface area contributed by atoms with Crippen LogP contribution in [0.2, 0.25) is 0 Å². The molecule has 0 radical (unpaired) electrons. The van der Waals surface area contributed by atoms with Crippen LogP contribution in [-0.4, -0.2) is 54.5 Å². The molecule has 0 amide bonds. The van der Waals surface area contributed by atoms with Gasteiger partial charge in [-0.2, -0.15) is 0 Å². The van der Waals surface area contributed by atoms with Crippen molar-refractivity contribution in [3.63, 3.8) is 0 Å². The Bertz CT molecular complexity index is 70.3. The van der Waals surface area contributed by atoms with Crippen LogP contribution >= 0.6 is 7.82 Å². The predicted molar refractivity (Wildman–Crippen MR) is 39.8 cm³/mol. The maximum Gasteiger partial charge on any atom is 1.00 e. The van der Waals surface area contributed by atoms with E-state index in [0.29, 0.717) is 0 Å². The summed E-state index contributed by atoms with van der Waals surface area (Å²) < 4.78 is 8.88. The molecule has 12 heavy (non-hydrogen) atoms. The Morgan fingerprint density at radius 3 is 0.917 bits per heavy atom. The van der Waals surface area contributed by atoms with Gasteiger partial charge in [0.05, 0.1) is 0 Å². The summed E-state index contributed by atoms with van der Waals surface area (Å²) in [6.45, 7) is 0. The summed E-state index contributed by atoms with van der Waals surface area (Å²) in [5.74, 6) is 0. The number of hydrogen-bond acceptors (Lipinski definition) is 1. The Hall–Kier alpha value is 2.86. The standard InChI is InChI=1S/AsH3.K.H3O4P.4H2O.Ti.H/c;;1-5(2,3)4;;;;;;/h1H3;;(H3,1,2,3,4);4*1H2;;/q;+1;;;;;;;-1. The summed E-state index contributed by atoms with van der Waals surface area (Å²) in [6.07, 6.45) is 0. The van der Waals surface area contributed by atoms with Gasteiger partial charge in [0.25, 0.3) is 0 Å². The maximum atomic E-state index is 8.88. The molecular weight excluding hydrogens is 321 g/mol. The van der Waals surface area contributed by atoms with Crippen molar-refractivity contribution in [2.75, 3.05) is 0 Å². The molecule has 0 aliphatic heterocycles. The van der Waals surface area contributed by atoms with Gasteiger partial charge in [0, 0.05) is 21.7 Å². The van der Waals surface area contributed by atoms with Crippen molar-refractivity contribution in [1.82, 2.24) is 0 Å². The van der Waals surface area contributed by atoms with Gasteiger partial charge in [-0.05, 0) is 0 Å². The van der Waals surface area contributed by atoms with Crippen LogP contribution in [0.15, 0.2) is 0 Å². The second-order valence-electron chi connectivity index (χ2n) is 0.513. The van der Waals surface area contributed by atoms with Crippen molar-refractivity contribution >= 4 is 25.8 Å². The van der Waals surface area contributed by atoms with E-state index in [1.54, 1.807) is 0 Å². The van der Waals surface area contributed by atoms with Crippen molar-refractivity contribution < 1.29 is 116 Å². The van der Waals surface area contributed by atoms with Crippen LogP contribution in [0.25, 0.3) is 0 Å². The van der Waals surface area contributed by atoms with E-state index in [9.17, 15) is 0 Å². The molecule has 1 atom stereocenters. The zero-order chi connectivity index (χ0) is 4.50. The average molecular weight is 336 g/mol. The van der Waals surface area contributed by atoms with E-state index in [1.807, 2.05) is 0 Å². The molecule has 0 rings (SSSR count). The van der Waals surface area contributed by atoms with Crippen molar-refractivity contribution in [2.45, 2.75) is 0 Å². The second-order valence-corrected chi connectivity index (χ2v) is 1.54. The zero-order valence-electron chi connectivity index (χ0n) is 7.40. The first kappa shape index (κ1) is 60.7. The third kappa shape index (κ3) is 221. The average Bonchev–Trinajstić information content (AvgIpc) is 0.722. The van der Waals surface area contributed by atoms with Crippen molar-refractivity contribution in [1.29, 1.82) is 0 Å². The summed E-state index contributed by atoms with van der Waals surface area (Å²) in [6, 6.07) is 0. The van der Waals surface area contributed by atoms with Gasteiger partial charge in [-0.25, -0.2) is 4.57 Å². The summed E-state index contributed by atoms with van der Waals surface area (Å²) >= 11 is 0. The molecule has 0 aromatic heterocycles. The monoisotopic (exact) mass is 336 g/mol. The van der Waals surface area contributed by atoms with Crippen LogP contribution in [0, 0.1) is 0 Å². The van der Waals surface area contributed by atoms with Gasteiger partial charge in [-0.1, -0.05) is 0 Å². The fourth-order valence-corrected chi connectivity index (χ4v) is 0. The first-order chi connectivity index (χ1) is 2.00. The van der Waals surface area contributed by atoms with Crippen LogP contribution in [0.3, 0.4) is 0 Å². The van der Waals surface area contributed by atoms with Crippen LogP contribution < -0.4 is 51.4 Å². The summed E-state index contributed by atoms with van der Waals surface area (Å²) in [7, 11) is -4.64. The normalized spacial score (nSPS) is 4.92. The Morgan fingerprint density at radius 1 is 0.917 bits per heavy atom. The van der Waals surface area contributed by atoms with Crippen LogP contribution in [0.1, 0.15) is 1.43 Å². The van der Waals surface area contributed by atoms with E-state index in [0.717, 1.165) is 0 Å². The van der Waals surface area contributed by atoms with Gasteiger partial charge >= 0.3 is 77.2 Å². The molecule has 0 bridgehead atoms. The van der Waals surface area contributed by atoms with E-state index in [-0.39, 0.29) is 114 Å². The van der Waals surface area contributed by atoms with Gasteiger partial charge in [-0.3, -0.25) is 0 Å². The number of hydrogen-bond donors (Lipinski definition) is 3. The Labute approximate surface area is 139 Å². The molecule has 11 N–H and O–H groups in total. The molecule has 0 aromatic carbocycles. The molecule has 0 fully saturated rings. The fraction of sp³-hybridized carbons (Fsp3) is 0. The molecule has 78 valence electrons. The molecule has 0 saturated carbocycles. The van der Waals surface area contributed by atoms with Gasteiger partial charge in [0.15, 0.2) is 0 Å². The van der Waals surface area contributed by atoms with Gasteiger partial charge in [-0.15, -0.1) is 0 Å². The minimum Gasteiger partial charge on any atom is -1.00 e. The summed E-state index contributed by atoms with van der Waals surface area (Å²) in [5.41, 5.74) is 0. The SMILES string of the molecule is O.O.O.O.O=P(O)(O)O.[AsH3].[H-].[K+].[Ti]. The predicted octanol–water partition coefficient (Wildman–Crippen LogP) is -8.30. The maximum absolute atomic E-state index is 8.88. The number of phosphoric acid groups is 1. The van der Waals surface area contributed by atoms with E-state index in [2.05, 4.69) is 0 Å². The Kier molecular flexibility index (Phi) is 148. The van der Waals surface area contributed by atoms with E-state index >= 15 is 0 Å². The van der Waals surface area contributed by atoms with Crippen molar-refractivity contribution in [3.8, 4) is 0 Å². The van der Waals surface area contributed by atoms with E-state index in [4.69, 9.17) is 19.2 Å². The van der Waals surface area contributed by atoms with E-state index in [1.165, 1.54) is 0 Å². The molecule has 0 saturated heterocycles. The van der Waals surface area contributed by atoms with Crippen LogP contribution in [0.4, 0.5) is 0 Å². The molecule has 0 aliphatic carbocycles.